The van der Waals surface area contributed by atoms with Crippen molar-refractivity contribution in [3.8, 4) is 11.5 Å². The monoisotopic (exact) mass is 354 g/mol. The molecule has 1 aromatic rings. The number of rotatable bonds is 4. The van der Waals surface area contributed by atoms with Gasteiger partial charge in [-0.2, -0.15) is 4.31 Å². The van der Waals surface area contributed by atoms with E-state index in [-0.39, 0.29) is 28.5 Å². The second kappa shape index (κ2) is 6.60. The number of carbonyl (C=O) groups is 1. The quantitative estimate of drug-likeness (QED) is 0.872. The first kappa shape index (κ1) is 17.0. The topological polar surface area (TPSA) is 84.9 Å². The third-order valence-electron chi connectivity index (χ3n) is 4.72. The van der Waals surface area contributed by atoms with E-state index >= 15 is 0 Å². The molecule has 24 heavy (non-hydrogen) atoms. The molecule has 1 aromatic carbocycles. The molecule has 7 nitrogen and oxygen atoms in total. The summed E-state index contributed by atoms with van der Waals surface area (Å²) < 4.78 is 37.9. The number of hydrogen-bond acceptors (Lipinski definition) is 5. The van der Waals surface area contributed by atoms with Gasteiger partial charge in [0.25, 0.3) is 0 Å². The summed E-state index contributed by atoms with van der Waals surface area (Å²) in [6, 6.07) is 4.60. The van der Waals surface area contributed by atoms with Crippen molar-refractivity contribution in [1.82, 2.24) is 9.62 Å². The van der Waals surface area contributed by atoms with E-state index in [2.05, 4.69) is 5.32 Å². The molecule has 0 bridgehead atoms. The highest BCUT2D eigenvalue weighted by Crippen LogP contribution is 2.34. The fourth-order valence-electron chi connectivity index (χ4n) is 3.41. The van der Waals surface area contributed by atoms with Gasteiger partial charge in [0.05, 0.1) is 14.2 Å². The van der Waals surface area contributed by atoms with Gasteiger partial charge in [-0.1, -0.05) is 0 Å². The van der Waals surface area contributed by atoms with Crippen molar-refractivity contribution in [2.24, 2.45) is 5.92 Å². The third-order valence-corrected chi connectivity index (χ3v) is 6.57. The van der Waals surface area contributed by atoms with Crippen LogP contribution < -0.4 is 14.8 Å². The molecule has 8 heteroatoms. The first-order valence-electron chi connectivity index (χ1n) is 7.97. The predicted octanol–water partition coefficient (Wildman–Crippen LogP) is 0.993. The molecule has 0 saturated carbocycles. The van der Waals surface area contributed by atoms with Crippen LogP contribution in [0.5, 0.6) is 11.5 Å². The van der Waals surface area contributed by atoms with E-state index in [0.29, 0.717) is 25.3 Å². The molecule has 0 aliphatic carbocycles. The Morgan fingerprint density at radius 1 is 1.21 bits per heavy atom. The molecular weight excluding hydrogens is 332 g/mol. The lowest BCUT2D eigenvalue weighted by molar-refractivity contribution is -0.121. The number of carbonyl (C=O) groups excluding carboxylic acids is 1. The van der Waals surface area contributed by atoms with Crippen LogP contribution in [0.25, 0.3) is 0 Å². The summed E-state index contributed by atoms with van der Waals surface area (Å²) in [5.74, 6) is 0.895. The molecule has 2 unspecified atom stereocenters. The maximum Gasteiger partial charge on any atom is 0.246 e. The minimum absolute atomic E-state index is 0.000656. The number of benzene rings is 1. The van der Waals surface area contributed by atoms with Crippen molar-refractivity contribution in [1.29, 1.82) is 0 Å². The van der Waals surface area contributed by atoms with Gasteiger partial charge in [0.2, 0.25) is 15.9 Å². The Kier molecular flexibility index (Phi) is 4.69. The van der Waals surface area contributed by atoms with Crippen LogP contribution in [0.3, 0.4) is 0 Å². The van der Waals surface area contributed by atoms with Crippen LogP contribution in [-0.4, -0.2) is 52.0 Å². The predicted molar refractivity (Wildman–Crippen MR) is 87.6 cm³/mol. The van der Waals surface area contributed by atoms with Crippen molar-refractivity contribution in [3.63, 3.8) is 0 Å². The maximum absolute atomic E-state index is 13.1. The molecular formula is C16H22N2O5S. The van der Waals surface area contributed by atoms with Crippen molar-refractivity contribution in [3.05, 3.63) is 18.2 Å². The van der Waals surface area contributed by atoms with Crippen molar-refractivity contribution in [2.75, 3.05) is 27.3 Å². The van der Waals surface area contributed by atoms with Crippen LogP contribution in [0.15, 0.2) is 23.1 Å². The molecule has 2 saturated heterocycles. The highest BCUT2D eigenvalue weighted by atomic mass is 32.2. The van der Waals surface area contributed by atoms with E-state index in [0.717, 1.165) is 12.8 Å². The van der Waals surface area contributed by atoms with Gasteiger partial charge in [-0.25, -0.2) is 8.42 Å². The Labute approximate surface area is 142 Å². The first-order chi connectivity index (χ1) is 11.5. The molecule has 2 aliphatic rings. The Balaban J connectivity index is 1.90. The summed E-state index contributed by atoms with van der Waals surface area (Å²) in [4.78, 5) is 11.8. The van der Waals surface area contributed by atoms with Crippen molar-refractivity contribution >= 4 is 15.9 Å². The van der Waals surface area contributed by atoms with Crippen LogP contribution >= 0.6 is 0 Å². The highest BCUT2D eigenvalue weighted by molar-refractivity contribution is 7.89. The summed E-state index contributed by atoms with van der Waals surface area (Å²) in [5, 5.41) is 2.94. The maximum atomic E-state index is 13.1. The lowest BCUT2D eigenvalue weighted by Crippen LogP contribution is -2.39. The summed E-state index contributed by atoms with van der Waals surface area (Å²) in [5.41, 5.74) is 0. The molecule has 2 heterocycles. The average molecular weight is 354 g/mol. The number of nitrogens with one attached hydrogen (secondary N) is 1. The van der Waals surface area contributed by atoms with Crippen LogP contribution in [0.1, 0.15) is 19.3 Å². The zero-order valence-corrected chi connectivity index (χ0v) is 14.6. The summed E-state index contributed by atoms with van der Waals surface area (Å²) in [6.45, 7) is 0.701. The summed E-state index contributed by atoms with van der Waals surface area (Å²) in [7, 11) is -0.797. The van der Waals surface area contributed by atoms with Gasteiger partial charge in [-0.05, 0) is 30.9 Å². The lowest BCUT2D eigenvalue weighted by Gasteiger charge is -2.19. The molecule has 3 rings (SSSR count). The number of fused-ring (bicyclic) bond motifs is 1. The number of amides is 1. The molecule has 1 amide bonds. The van der Waals surface area contributed by atoms with Crippen LogP contribution in [0.2, 0.25) is 0 Å². The third kappa shape index (κ3) is 3.08. The number of methoxy groups -OCH3 is 2. The molecule has 2 aliphatic heterocycles. The molecule has 0 aromatic heterocycles. The highest BCUT2D eigenvalue weighted by Gasteiger charge is 2.41. The number of hydrogen-bond donors (Lipinski definition) is 1. The van der Waals surface area contributed by atoms with Gasteiger partial charge in [0.1, 0.15) is 16.4 Å². The van der Waals surface area contributed by atoms with Gasteiger partial charge < -0.3 is 14.8 Å². The van der Waals surface area contributed by atoms with Gasteiger partial charge in [-0.15, -0.1) is 0 Å². The average Bonchev–Trinajstić information content (AvgIpc) is 2.89. The largest absolute Gasteiger partial charge is 0.497 e. The van der Waals surface area contributed by atoms with Gasteiger partial charge >= 0.3 is 0 Å². The lowest BCUT2D eigenvalue weighted by atomic mass is 9.99. The van der Waals surface area contributed by atoms with Crippen LogP contribution in [-0.2, 0) is 14.8 Å². The molecule has 1 N–H and O–H groups in total. The van der Waals surface area contributed by atoms with E-state index in [1.54, 1.807) is 12.1 Å². The Hall–Kier alpha value is -1.80. The van der Waals surface area contributed by atoms with E-state index in [9.17, 15) is 13.2 Å². The normalized spacial score (nSPS) is 24.8. The Bertz CT molecular complexity index is 734. The van der Waals surface area contributed by atoms with E-state index < -0.39 is 10.0 Å². The van der Waals surface area contributed by atoms with Crippen LogP contribution in [0, 0.1) is 5.92 Å². The fourth-order valence-corrected chi connectivity index (χ4v) is 5.11. The van der Waals surface area contributed by atoms with E-state index in [1.807, 2.05) is 0 Å². The molecule has 132 valence electrons. The molecule has 2 fully saturated rings. The number of nitrogens with zero attached hydrogens (tertiary/aromatic N) is 1. The SMILES string of the molecule is COc1ccc(OC)c(S(=O)(=O)N2CC3CCCC(=O)NC3C2)c1. The molecule has 0 spiro atoms. The molecule has 2 atom stereocenters. The standard InChI is InChI=1S/C16H22N2O5S/c1-22-12-6-7-14(23-2)15(8-12)24(20,21)18-9-11-4-3-5-16(19)17-13(11)10-18/h6-8,11,13H,3-5,9-10H2,1-2H3,(H,17,19). The van der Waals surface area contributed by atoms with Crippen molar-refractivity contribution < 1.29 is 22.7 Å². The summed E-state index contributed by atoms with van der Waals surface area (Å²) in [6.07, 6.45) is 2.16. The zero-order valence-electron chi connectivity index (χ0n) is 13.8. The minimum atomic E-state index is -3.72. The van der Waals surface area contributed by atoms with Gasteiger partial charge in [0, 0.05) is 31.6 Å². The first-order valence-corrected chi connectivity index (χ1v) is 9.41. The Morgan fingerprint density at radius 3 is 2.71 bits per heavy atom. The number of ether oxygens (including phenoxy) is 2. The van der Waals surface area contributed by atoms with Gasteiger partial charge in [-0.3, -0.25) is 4.79 Å². The van der Waals surface area contributed by atoms with Crippen molar-refractivity contribution in [2.45, 2.75) is 30.2 Å². The minimum Gasteiger partial charge on any atom is -0.497 e. The smallest absolute Gasteiger partial charge is 0.246 e. The second-order valence-corrected chi connectivity index (χ2v) is 8.07. The second-order valence-electron chi connectivity index (χ2n) is 6.17. The van der Waals surface area contributed by atoms with E-state index in [4.69, 9.17) is 9.47 Å². The van der Waals surface area contributed by atoms with E-state index in [1.165, 1.54) is 24.6 Å². The van der Waals surface area contributed by atoms with Gasteiger partial charge in [0.15, 0.2) is 0 Å². The summed E-state index contributed by atoms with van der Waals surface area (Å²) >= 11 is 0. The molecule has 0 radical (unpaired) electrons. The number of sulfonamides is 1. The fraction of sp³-hybridized carbons (Fsp3) is 0.562. The Morgan fingerprint density at radius 2 is 2.00 bits per heavy atom. The van der Waals surface area contributed by atoms with Crippen LogP contribution in [0.4, 0.5) is 0 Å². The zero-order chi connectivity index (χ0) is 17.3.